The molecule has 2 rings (SSSR count). The van der Waals surface area contributed by atoms with Crippen LogP contribution in [0.1, 0.15) is 43.4 Å². The van der Waals surface area contributed by atoms with Crippen LogP contribution in [0.15, 0.2) is 18.2 Å². The number of aliphatic carboxylic acids is 1. The maximum atomic E-state index is 11.5. The zero-order valence-corrected chi connectivity index (χ0v) is 13.6. The van der Waals surface area contributed by atoms with Gasteiger partial charge in [0.1, 0.15) is 0 Å². The Labute approximate surface area is 128 Å². The third kappa shape index (κ3) is 3.85. The second-order valence-corrected chi connectivity index (χ2v) is 7.10. The van der Waals surface area contributed by atoms with Crippen molar-refractivity contribution >= 4 is 5.97 Å². The van der Waals surface area contributed by atoms with Crippen LogP contribution in [0.25, 0.3) is 0 Å². The Hall–Kier alpha value is -1.35. The monoisotopic (exact) mass is 289 g/mol. The van der Waals surface area contributed by atoms with Crippen LogP contribution in [0.3, 0.4) is 0 Å². The van der Waals surface area contributed by atoms with E-state index in [2.05, 4.69) is 36.9 Å². The largest absolute Gasteiger partial charge is 0.481 e. The topological polar surface area (TPSA) is 40.5 Å². The van der Waals surface area contributed by atoms with E-state index in [0.29, 0.717) is 0 Å². The van der Waals surface area contributed by atoms with Gasteiger partial charge in [0.15, 0.2) is 0 Å². The van der Waals surface area contributed by atoms with Gasteiger partial charge in [-0.15, -0.1) is 0 Å². The smallest absolute Gasteiger partial charge is 0.309 e. The summed E-state index contributed by atoms with van der Waals surface area (Å²) < 4.78 is 0. The van der Waals surface area contributed by atoms with E-state index in [0.717, 1.165) is 32.5 Å². The quantitative estimate of drug-likeness (QED) is 0.920. The number of rotatable bonds is 4. The Bertz CT molecular complexity index is 502. The number of nitrogens with zero attached hydrogens (tertiary/aromatic N) is 1. The summed E-state index contributed by atoms with van der Waals surface area (Å²) in [6.07, 6.45) is 2.11. The summed E-state index contributed by atoms with van der Waals surface area (Å²) in [6.45, 7) is 10.9. The molecule has 0 radical (unpaired) electrons. The Balaban J connectivity index is 2.06. The molecule has 3 nitrogen and oxygen atoms in total. The molecule has 1 aromatic carbocycles. The van der Waals surface area contributed by atoms with Crippen LogP contribution in [-0.4, -0.2) is 29.1 Å². The lowest BCUT2D eigenvalue weighted by atomic mass is 9.74. The predicted octanol–water partition coefficient (Wildman–Crippen LogP) is 3.63. The highest BCUT2D eigenvalue weighted by atomic mass is 16.4. The van der Waals surface area contributed by atoms with Crippen molar-refractivity contribution in [3.8, 4) is 0 Å². The lowest BCUT2D eigenvalue weighted by Crippen LogP contribution is -2.44. The van der Waals surface area contributed by atoms with Crippen molar-refractivity contribution < 1.29 is 9.90 Å². The average molecular weight is 289 g/mol. The van der Waals surface area contributed by atoms with Gasteiger partial charge in [-0.05, 0) is 58.6 Å². The SMILES string of the molecule is Cc1cc(C)cc(CN2CCCC(C(C)(C)C(=O)O)C2)c1. The fraction of sp³-hybridized carbons (Fsp3) is 0.611. The molecule has 1 unspecified atom stereocenters. The molecule has 1 aliphatic heterocycles. The van der Waals surface area contributed by atoms with Gasteiger partial charge in [-0.2, -0.15) is 0 Å². The van der Waals surface area contributed by atoms with Crippen molar-refractivity contribution in [2.24, 2.45) is 11.3 Å². The normalized spacial score (nSPS) is 20.5. The molecule has 0 bridgehead atoms. The van der Waals surface area contributed by atoms with E-state index in [4.69, 9.17) is 0 Å². The first kappa shape index (κ1) is 16.0. The Kier molecular flexibility index (Phi) is 4.72. The van der Waals surface area contributed by atoms with E-state index in [1.807, 2.05) is 13.8 Å². The molecular formula is C18H27NO2. The molecule has 21 heavy (non-hydrogen) atoms. The van der Waals surface area contributed by atoms with Crippen LogP contribution in [0.2, 0.25) is 0 Å². The standard InChI is InChI=1S/C18H27NO2/c1-13-8-14(2)10-15(9-13)11-19-7-5-6-16(12-19)18(3,4)17(20)21/h8-10,16H,5-7,11-12H2,1-4H3,(H,20,21). The van der Waals surface area contributed by atoms with Crippen molar-refractivity contribution in [3.05, 3.63) is 34.9 Å². The summed E-state index contributed by atoms with van der Waals surface area (Å²) in [7, 11) is 0. The molecule has 0 saturated carbocycles. The van der Waals surface area contributed by atoms with Gasteiger partial charge in [0.25, 0.3) is 0 Å². The molecule has 1 fully saturated rings. The number of hydrogen-bond acceptors (Lipinski definition) is 2. The van der Waals surface area contributed by atoms with Crippen LogP contribution in [0.4, 0.5) is 0 Å². The first-order valence-electron chi connectivity index (χ1n) is 7.82. The first-order valence-corrected chi connectivity index (χ1v) is 7.82. The molecule has 0 amide bonds. The molecule has 1 N–H and O–H groups in total. The fourth-order valence-electron chi connectivity index (χ4n) is 3.38. The first-order chi connectivity index (χ1) is 9.79. The summed E-state index contributed by atoms with van der Waals surface area (Å²) in [5, 5.41) is 9.42. The zero-order valence-electron chi connectivity index (χ0n) is 13.6. The van der Waals surface area contributed by atoms with Crippen molar-refractivity contribution in [3.63, 3.8) is 0 Å². The number of likely N-dealkylation sites (tertiary alicyclic amines) is 1. The Morgan fingerprint density at radius 2 is 1.90 bits per heavy atom. The number of benzene rings is 1. The van der Waals surface area contributed by atoms with E-state index >= 15 is 0 Å². The summed E-state index contributed by atoms with van der Waals surface area (Å²) in [6, 6.07) is 6.66. The van der Waals surface area contributed by atoms with E-state index < -0.39 is 11.4 Å². The third-order valence-electron chi connectivity index (χ3n) is 4.76. The molecule has 0 aromatic heterocycles. The molecule has 0 spiro atoms. The molecule has 1 aliphatic rings. The Morgan fingerprint density at radius 1 is 1.29 bits per heavy atom. The average Bonchev–Trinajstić information content (AvgIpc) is 2.37. The summed E-state index contributed by atoms with van der Waals surface area (Å²) in [5.74, 6) is -0.449. The molecule has 1 heterocycles. The maximum absolute atomic E-state index is 11.5. The van der Waals surface area contributed by atoms with Crippen LogP contribution in [-0.2, 0) is 11.3 Å². The molecule has 3 heteroatoms. The van der Waals surface area contributed by atoms with Crippen molar-refractivity contribution in [2.75, 3.05) is 13.1 Å². The van der Waals surface area contributed by atoms with Gasteiger partial charge in [-0.1, -0.05) is 29.3 Å². The lowest BCUT2D eigenvalue weighted by Gasteiger charge is -2.39. The Morgan fingerprint density at radius 3 is 2.48 bits per heavy atom. The van der Waals surface area contributed by atoms with Crippen LogP contribution in [0, 0.1) is 25.2 Å². The lowest BCUT2D eigenvalue weighted by molar-refractivity contribution is -0.151. The van der Waals surface area contributed by atoms with E-state index in [1.165, 1.54) is 16.7 Å². The van der Waals surface area contributed by atoms with Gasteiger partial charge < -0.3 is 5.11 Å². The molecule has 1 aromatic rings. The number of carboxylic acid groups (broad SMARTS) is 1. The second-order valence-electron chi connectivity index (χ2n) is 7.10. The number of carboxylic acids is 1. The van der Waals surface area contributed by atoms with E-state index in [-0.39, 0.29) is 5.92 Å². The number of aryl methyl sites for hydroxylation is 2. The minimum atomic E-state index is -0.680. The number of carbonyl (C=O) groups is 1. The van der Waals surface area contributed by atoms with E-state index in [1.54, 1.807) is 0 Å². The highest BCUT2D eigenvalue weighted by Gasteiger charge is 2.38. The summed E-state index contributed by atoms with van der Waals surface area (Å²) in [4.78, 5) is 13.9. The van der Waals surface area contributed by atoms with Crippen LogP contribution in [0.5, 0.6) is 0 Å². The minimum Gasteiger partial charge on any atom is -0.481 e. The van der Waals surface area contributed by atoms with Crippen LogP contribution < -0.4 is 0 Å². The zero-order chi connectivity index (χ0) is 15.6. The van der Waals surface area contributed by atoms with Crippen molar-refractivity contribution in [1.29, 1.82) is 0 Å². The molecule has 116 valence electrons. The molecule has 1 saturated heterocycles. The third-order valence-corrected chi connectivity index (χ3v) is 4.76. The minimum absolute atomic E-state index is 0.231. The van der Waals surface area contributed by atoms with Crippen molar-refractivity contribution in [2.45, 2.75) is 47.1 Å². The van der Waals surface area contributed by atoms with Gasteiger partial charge in [0.05, 0.1) is 5.41 Å². The summed E-state index contributed by atoms with van der Waals surface area (Å²) >= 11 is 0. The number of hydrogen-bond donors (Lipinski definition) is 1. The van der Waals surface area contributed by atoms with Gasteiger partial charge in [-0.3, -0.25) is 9.69 Å². The molecule has 0 aliphatic carbocycles. The van der Waals surface area contributed by atoms with Gasteiger partial charge in [0.2, 0.25) is 0 Å². The molecular weight excluding hydrogens is 262 g/mol. The predicted molar refractivity (Wildman–Crippen MR) is 85.3 cm³/mol. The highest BCUT2D eigenvalue weighted by molar-refractivity contribution is 5.74. The number of piperidine rings is 1. The van der Waals surface area contributed by atoms with Crippen molar-refractivity contribution in [1.82, 2.24) is 4.90 Å². The summed E-state index contributed by atoms with van der Waals surface area (Å²) in [5.41, 5.74) is 3.29. The second kappa shape index (κ2) is 6.18. The highest BCUT2D eigenvalue weighted by Crippen LogP contribution is 2.34. The van der Waals surface area contributed by atoms with Gasteiger partial charge in [-0.25, -0.2) is 0 Å². The van der Waals surface area contributed by atoms with Crippen LogP contribution >= 0.6 is 0 Å². The maximum Gasteiger partial charge on any atom is 0.309 e. The van der Waals surface area contributed by atoms with Gasteiger partial charge >= 0.3 is 5.97 Å². The van der Waals surface area contributed by atoms with Gasteiger partial charge in [0, 0.05) is 13.1 Å². The van der Waals surface area contributed by atoms with E-state index in [9.17, 15) is 9.90 Å². The fourth-order valence-corrected chi connectivity index (χ4v) is 3.38. The molecule has 1 atom stereocenters.